The molecule has 0 bridgehead atoms. The number of hydrogen-bond acceptors (Lipinski definition) is 3. The lowest BCUT2D eigenvalue weighted by molar-refractivity contribution is -0.121. The number of carbonyl (C=O) groups is 1. The zero-order valence-corrected chi connectivity index (χ0v) is 13.1. The number of nitrogens with one attached hydrogen (secondary N) is 2. The van der Waals surface area contributed by atoms with Crippen LogP contribution >= 0.6 is 0 Å². The Morgan fingerprint density at radius 1 is 1.41 bits per heavy atom. The van der Waals surface area contributed by atoms with Gasteiger partial charge >= 0.3 is 0 Å². The molecule has 0 radical (unpaired) electrons. The predicted octanol–water partition coefficient (Wildman–Crippen LogP) is 2.44. The van der Waals surface area contributed by atoms with E-state index in [1.807, 2.05) is 18.2 Å². The molecule has 1 aliphatic rings. The van der Waals surface area contributed by atoms with Crippen LogP contribution in [0.3, 0.4) is 0 Å². The normalized spacial score (nSPS) is 17.0. The summed E-state index contributed by atoms with van der Waals surface area (Å²) in [5, 5.41) is 3.01. The number of carbonyl (C=O) groups excluding carboxylic acids is 1. The fraction of sp³-hybridized carbons (Fsp3) is 0.529. The number of nitrogens with zero attached hydrogens (tertiary/aromatic N) is 2. The van der Waals surface area contributed by atoms with Crippen LogP contribution in [0.2, 0.25) is 0 Å². The van der Waals surface area contributed by atoms with Crippen LogP contribution in [0, 0.1) is 0 Å². The molecule has 22 heavy (non-hydrogen) atoms. The molecule has 1 saturated heterocycles. The highest BCUT2D eigenvalue weighted by Crippen LogP contribution is 2.15. The van der Waals surface area contributed by atoms with Crippen molar-refractivity contribution in [3.05, 3.63) is 30.1 Å². The van der Waals surface area contributed by atoms with Gasteiger partial charge in [0.25, 0.3) is 0 Å². The summed E-state index contributed by atoms with van der Waals surface area (Å²) >= 11 is 0. The van der Waals surface area contributed by atoms with Crippen molar-refractivity contribution in [3.8, 4) is 0 Å². The molecule has 118 valence electrons. The van der Waals surface area contributed by atoms with E-state index in [0.717, 1.165) is 23.0 Å². The molecule has 2 N–H and O–H groups in total. The van der Waals surface area contributed by atoms with Gasteiger partial charge in [0.2, 0.25) is 5.91 Å². The third-order valence-corrected chi connectivity index (χ3v) is 4.53. The van der Waals surface area contributed by atoms with Crippen molar-refractivity contribution in [2.24, 2.45) is 0 Å². The third-order valence-electron chi connectivity index (χ3n) is 4.53. The molecule has 1 fully saturated rings. The molecule has 1 aliphatic heterocycles. The molecule has 2 heterocycles. The van der Waals surface area contributed by atoms with Gasteiger partial charge in [-0.2, -0.15) is 0 Å². The minimum Gasteiger partial charge on any atom is -0.352 e. The highest BCUT2D eigenvalue weighted by atomic mass is 16.1. The average molecular weight is 300 g/mol. The van der Waals surface area contributed by atoms with Crippen LogP contribution in [-0.2, 0) is 11.3 Å². The van der Waals surface area contributed by atoms with Crippen LogP contribution < -0.4 is 5.32 Å². The lowest BCUT2D eigenvalue weighted by Gasteiger charge is -2.23. The zero-order chi connectivity index (χ0) is 15.4. The van der Waals surface area contributed by atoms with E-state index < -0.39 is 0 Å². The van der Waals surface area contributed by atoms with Gasteiger partial charge in [0.1, 0.15) is 0 Å². The Bertz CT molecular complexity index is 630. The number of aromatic nitrogens is 2. The number of fused-ring (bicyclic) bond motifs is 1. The summed E-state index contributed by atoms with van der Waals surface area (Å²) in [6, 6.07) is 6.53. The van der Waals surface area contributed by atoms with Crippen LogP contribution in [0.1, 0.15) is 38.2 Å². The standard InChI is InChI=1S/C17H24N4O/c1-13(21-8-2-3-9-21)4-7-17(22)18-11-14-5-6-15-16(10-14)20-12-19-15/h5-6,10,12-13H,2-4,7-9,11H2,1H3,(H,18,22)(H,19,20)/t13-/m1/s1. The number of aromatic amines is 1. The smallest absolute Gasteiger partial charge is 0.220 e. The number of benzene rings is 1. The largest absolute Gasteiger partial charge is 0.352 e. The van der Waals surface area contributed by atoms with Gasteiger partial charge in [-0.15, -0.1) is 0 Å². The van der Waals surface area contributed by atoms with Crippen molar-refractivity contribution in [1.29, 1.82) is 0 Å². The quantitative estimate of drug-likeness (QED) is 0.861. The van der Waals surface area contributed by atoms with Crippen molar-refractivity contribution < 1.29 is 4.79 Å². The van der Waals surface area contributed by atoms with Gasteiger partial charge in [-0.3, -0.25) is 4.79 Å². The Hall–Kier alpha value is -1.88. The van der Waals surface area contributed by atoms with Gasteiger partial charge in [0, 0.05) is 19.0 Å². The second kappa shape index (κ2) is 6.92. The number of imidazole rings is 1. The summed E-state index contributed by atoms with van der Waals surface area (Å²) in [5.74, 6) is 0.135. The van der Waals surface area contributed by atoms with Gasteiger partial charge < -0.3 is 15.2 Å². The molecule has 1 atom stereocenters. The van der Waals surface area contributed by atoms with Crippen molar-refractivity contribution in [1.82, 2.24) is 20.2 Å². The van der Waals surface area contributed by atoms with Gasteiger partial charge in [0.05, 0.1) is 17.4 Å². The van der Waals surface area contributed by atoms with E-state index in [-0.39, 0.29) is 5.91 Å². The Balaban J connectivity index is 1.43. The van der Waals surface area contributed by atoms with E-state index in [1.165, 1.54) is 25.9 Å². The zero-order valence-electron chi connectivity index (χ0n) is 13.1. The van der Waals surface area contributed by atoms with E-state index in [2.05, 4.69) is 27.1 Å². The molecular weight excluding hydrogens is 276 g/mol. The lowest BCUT2D eigenvalue weighted by Crippen LogP contribution is -2.32. The number of hydrogen-bond donors (Lipinski definition) is 2. The summed E-state index contributed by atoms with van der Waals surface area (Å²) in [6.07, 6.45) is 5.82. The predicted molar refractivity (Wildman–Crippen MR) is 87.4 cm³/mol. The highest BCUT2D eigenvalue weighted by molar-refractivity contribution is 5.77. The minimum atomic E-state index is 0.135. The summed E-state index contributed by atoms with van der Waals surface area (Å²) in [5.41, 5.74) is 3.06. The third kappa shape index (κ3) is 3.65. The highest BCUT2D eigenvalue weighted by Gasteiger charge is 2.18. The van der Waals surface area contributed by atoms with Crippen molar-refractivity contribution in [2.75, 3.05) is 13.1 Å². The maximum atomic E-state index is 12.0. The topological polar surface area (TPSA) is 61.0 Å². The Morgan fingerprint density at radius 3 is 3.05 bits per heavy atom. The molecule has 3 rings (SSSR count). The summed E-state index contributed by atoms with van der Waals surface area (Å²) in [7, 11) is 0. The minimum absolute atomic E-state index is 0.135. The summed E-state index contributed by atoms with van der Waals surface area (Å²) in [6.45, 7) is 5.18. The summed E-state index contributed by atoms with van der Waals surface area (Å²) < 4.78 is 0. The molecule has 2 aromatic rings. The van der Waals surface area contributed by atoms with E-state index in [9.17, 15) is 4.79 Å². The van der Waals surface area contributed by atoms with Crippen LogP contribution in [0.15, 0.2) is 24.5 Å². The molecule has 1 amide bonds. The number of likely N-dealkylation sites (tertiary alicyclic amines) is 1. The fourth-order valence-corrected chi connectivity index (χ4v) is 3.09. The van der Waals surface area contributed by atoms with Gasteiger partial charge in [-0.1, -0.05) is 6.07 Å². The Morgan fingerprint density at radius 2 is 2.23 bits per heavy atom. The molecule has 1 aromatic carbocycles. The molecular formula is C17H24N4O. The van der Waals surface area contributed by atoms with Crippen LogP contribution in [0.5, 0.6) is 0 Å². The lowest BCUT2D eigenvalue weighted by atomic mass is 10.1. The first-order chi connectivity index (χ1) is 10.7. The first-order valence-electron chi connectivity index (χ1n) is 8.15. The van der Waals surface area contributed by atoms with Gasteiger partial charge in [-0.05, 0) is 57.0 Å². The molecule has 0 unspecified atom stereocenters. The fourth-order valence-electron chi connectivity index (χ4n) is 3.09. The first-order valence-corrected chi connectivity index (χ1v) is 8.15. The molecule has 0 saturated carbocycles. The summed E-state index contributed by atoms with van der Waals surface area (Å²) in [4.78, 5) is 21.8. The van der Waals surface area contributed by atoms with E-state index in [4.69, 9.17) is 0 Å². The van der Waals surface area contributed by atoms with E-state index >= 15 is 0 Å². The average Bonchev–Trinajstić information content (AvgIpc) is 3.20. The number of amides is 1. The Labute approximate surface area is 131 Å². The number of H-pyrrole nitrogens is 1. The molecule has 1 aromatic heterocycles. The number of rotatable bonds is 6. The molecule has 0 spiro atoms. The Kier molecular flexibility index (Phi) is 4.73. The SMILES string of the molecule is C[C@H](CCC(=O)NCc1ccc2nc[nH]c2c1)N1CCCC1. The van der Waals surface area contributed by atoms with E-state index in [1.54, 1.807) is 6.33 Å². The van der Waals surface area contributed by atoms with Crippen molar-refractivity contribution in [2.45, 2.75) is 45.2 Å². The molecule has 0 aliphatic carbocycles. The maximum absolute atomic E-state index is 12.0. The van der Waals surface area contributed by atoms with Gasteiger partial charge in [0.15, 0.2) is 0 Å². The molecule has 5 heteroatoms. The first kappa shape index (κ1) is 15.0. The second-order valence-electron chi connectivity index (χ2n) is 6.16. The van der Waals surface area contributed by atoms with Crippen LogP contribution in [-0.4, -0.2) is 39.9 Å². The maximum Gasteiger partial charge on any atom is 0.220 e. The van der Waals surface area contributed by atoms with Crippen molar-refractivity contribution >= 4 is 16.9 Å². The monoisotopic (exact) mass is 300 g/mol. The van der Waals surface area contributed by atoms with Gasteiger partial charge in [-0.25, -0.2) is 4.98 Å². The van der Waals surface area contributed by atoms with Crippen LogP contribution in [0.4, 0.5) is 0 Å². The van der Waals surface area contributed by atoms with Crippen LogP contribution in [0.25, 0.3) is 11.0 Å². The second-order valence-corrected chi connectivity index (χ2v) is 6.16. The molecule has 5 nitrogen and oxygen atoms in total. The van der Waals surface area contributed by atoms with E-state index in [0.29, 0.717) is 19.0 Å². The van der Waals surface area contributed by atoms with Crippen molar-refractivity contribution in [3.63, 3.8) is 0 Å².